The molecule has 0 unspecified atom stereocenters. The molecule has 1 rings (SSSR count). The number of carboxylic acids is 1. The predicted octanol–water partition coefficient (Wildman–Crippen LogP) is 0.0594. The summed E-state index contributed by atoms with van der Waals surface area (Å²) in [6, 6.07) is 7.33. The topological polar surface area (TPSA) is 113 Å². The number of carbonyl (C=O) groups excluding carboxylic acids is 2. The van der Waals surface area contributed by atoms with Crippen LogP contribution >= 0.6 is 0 Å². The van der Waals surface area contributed by atoms with Crippen molar-refractivity contribution in [2.45, 2.75) is 13.3 Å². The average molecular weight is 293 g/mol. The van der Waals surface area contributed by atoms with E-state index in [0.29, 0.717) is 5.69 Å². The maximum Gasteiger partial charge on any atom is 0.317 e. The molecule has 0 saturated carbocycles. The van der Waals surface area contributed by atoms with Crippen LogP contribution in [-0.2, 0) is 20.8 Å². The van der Waals surface area contributed by atoms with Gasteiger partial charge in [0.15, 0.2) is 0 Å². The molecule has 0 aliphatic heterocycles. The Morgan fingerprint density at radius 1 is 1.14 bits per heavy atom. The second-order valence-electron chi connectivity index (χ2n) is 4.60. The lowest BCUT2D eigenvalue weighted by atomic mass is 10.1. The summed E-state index contributed by atoms with van der Waals surface area (Å²) in [4.78, 5) is 34.5. The van der Waals surface area contributed by atoms with Crippen LogP contribution < -0.4 is 11.1 Å². The number of anilines is 1. The number of nitrogens with zero attached hydrogens (tertiary/aromatic N) is 1. The monoisotopic (exact) mass is 293 g/mol. The Kier molecular flexibility index (Phi) is 6.35. The lowest BCUT2D eigenvalue weighted by Gasteiger charge is -2.17. The van der Waals surface area contributed by atoms with E-state index < -0.39 is 24.3 Å². The molecule has 4 N–H and O–H groups in total. The van der Waals surface area contributed by atoms with Gasteiger partial charge < -0.3 is 16.2 Å². The summed E-state index contributed by atoms with van der Waals surface area (Å²) < 4.78 is 0. The fourth-order valence-corrected chi connectivity index (χ4v) is 1.81. The van der Waals surface area contributed by atoms with E-state index in [2.05, 4.69) is 5.32 Å². The number of rotatable bonds is 8. The molecule has 0 radical (unpaired) electrons. The third-order valence-corrected chi connectivity index (χ3v) is 2.75. The van der Waals surface area contributed by atoms with E-state index in [0.717, 1.165) is 12.0 Å². The molecule has 21 heavy (non-hydrogen) atoms. The number of hydrogen-bond acceptors (Lipinski definition) is 4. The minimum atomic E-state index is -1.13. The van der Waals surface area contributed by atoms with Crippen LogP contribution in [0.15, 0.2) is 24.3 Å². The first kappa shape index (κ1) is 16.6. The molecule has 0 heterocycles. The normalized spacial score (nSPS) is 10.4. The molecule has 0 aliphatic rings. The Labute approximate surface area is 122 Å². The van der Waals surface area contributed by atoms with Crippen molar-refractivity contribution in [3.05, 3.63) is 29.8 Å². The van der Waals surface area contributed by atoms with Gasteiger partial charge in [0.05, 0.1) is 19.6 Å². The summed E-state index contributed by atoms with van der Waals surface area (Å²) in [5, 5.41) is 11.4. The average Bonchev–Trinajstić information content (AvgIpc) is 2.37. The van der Waals surface area contributed by atoms with Gasteiger partial charge in [-0.3, -0.25) is 19.3 Å². The van der Waals surface area contributed by atoms with Crippen LogP contribution in [-0.4, -0.2) is 47.4 Å². The first-order valence-corrected chi connectivity index (χ1v) is 6.52. The number of carboxylic acid groups (broad SMARTS) is 1. The summed E-state index contributed by atoms with van der Waals surface area (Å²) in [7, 11) is 0. The molecule has 7 nitrogen and oxygen atoms in total. The Morgan fingerprint density at radius 2 is 1.76 bits per heavy atom. The van der Waals surface area contributed by atoms with Crippen molar-refractivity contribution in [3.8, 4) is 0 Å². The van der Waals surface area contributed by atoms with E-state index in [9.17, 15) is 14.4 Å². The molecule has 2 amide bonds. The molecule has 1 aromatic carbocycles. The van der Waals surface area contributed by atoms with Crippen LogP contribution in [0.3, 0.4) is 0 Å². The minimum Gasteiger partial charge on any atom is -0.480 e. The molecule has 1 aromatic rings. The zero-order valence-corrected chi connectivity index (χ0v) is 11.8. The van der Waals surface area contributed by atoms with Gasteiger partial charge in [-0.2, -0.15) is 0 Å². The first-order chi connectivity index (χ1) is 9.90. The van der Waals surface area contributed by atoms with Gasteiger partial charge in [-0.1, -0.05) is 19.1 Å². The number of nitrogens with one attached hydrogen (secondary N) is 1. The summed E-state index contributed by atoms with van der Waals surface area (Å²) >= 11 is 0. The van der Waals surface area contributed by atoms with E-state index in [1.54, 1.807) is 12.1 Å². The van der Waals surface area contributed by atoms with Gasteiger partial charge in [-0.05, 0) is 24.1 Å². The SMILES string of the molecule is CCc1ccc(NC(=O)CN(CC(N)=O)CC(=O)O)cc1. The molecule has 0 bridgehead atoms. The van der Waals surface area contributed by atoms with E-state index in [-0.39, 0.29) is 13.1 Å². The van der Waals surface area contributed by atoms with E-state index in [1.807, 2.05) is 19.1 Å². The van der Waals surface area contributed by atoms with Gasteiger partial charge >= 0.3 is 5.97 Å². The smallest absolute Gasteiger partial charge is 0.317 e. The van der Waals surface area contributed by atoms with E-state index >= 15 is 0 Å². The standard InChI is InChI=1S/C14H19N3O4/c1-2-10-3-5-11(6-4-10)16-13(19)8-17(7-12(15)18)9-14(20)21/h3-6H,2,7-9H2,1H3,(H2,15,18)(H,16,19)(H,20,21). The quantitative estimate of drug-likeness (QED) is 0.627. The van der Waals surface area contributed by atoms with Crippen LogP contribution in [0, 0.1) is 0 Å². The number of aliphatic carboxylic acids is 1. The minimum absolute atomic E-state index is 0.217. The van der Waals surface area contributed by atoms with Gasteiger partial charge in [0.25, 0.3) is 0 Å². The van der Waals surface area contributed by atoms with Crippen molar-refractivity contribution in [3.63, 3.8) is 0 Å². The fraction of sp³-hybridized carbons (Fsp3) is 0.357. The number of nitrogens with two attached hydrogens (primary N) is 1. The second-order valence-corrected chi connectivity index (χ2v) is 4.60. The summed E-state index contributed by atoms with van der Waals surface area (Å²) in [5.74, 6) is -2.21. The Bertz CT molecular complexity index is 497. The molecule has 7 heteroatoms. The molecule has 0 atom stereocenters. The molecule has 0 aromatic heterocycles. The highest BCUT2D eigenvalue weighted by atomic mass is 16.4. The highest BCUT2D eigenvalue weighted by Crippen LogP contribution is 2.09. The van der Waals surface area contributed by atoms with Gasteiger partial charge in [-0.15, -0.1) is 0 Å². The van der Waals surface area contributed by atoms with Crippen LogP contribution in [0.1, 0.15) is 12.5 Å². The van der Waals surface area contributed by atoms with Crippen molar-refractivity contribution in [1.82, 2.24) is 4.90 Å². The maximum atomic E-state index is 11.8. The van der Waals surface area contributed by atoms with Crippen LogP contribution in [0.5, 0.6) is 0 Å². The third-order valence-electron chi connectivity index (χ3n) is 2.75. The zero-order valence-electron chi connectivity index (χ0n) is 11.8. The lowest BCUT2D eigenvalue weighted by molar-refractivity contribution is -0.138. The van der Waals surface area contributed by atoms with E-state index in [4.69, 9.17) is 10.8 Å². The van der Waals surface area contributed by atoms with E-state index in [1.165, 1.54) is 4.90 Å². The van der Waals surface area contributed by atoms with Gasteiger partial charge in [0, 0.05) is 5.69 Å². The largest absolute Gasteiger partial charge is 0.480 e. The van der Waals surface area contributed by atoms with Crippen molar-refractivity contribution in [1.29, 1.82) is 0 Å². The highest BCUT2D eigenvalue weighted by molar-refractivity contribution is 5.92. The Hall–Kier alpha value is -2.41. The summed E-state index contributed by atoms with van der Waals surface area (Å²) in [5.41, 5.74) is 6.79. The molecule has 0 aliphatic carbocycles. The van der Waals surface area contributed by atoms with Gasteiger partial charge in [0.2, 0.25) is 11.8 Å². The second kappa shape index (κ2) is 8.01. The summed E-state index contributed by atoms with van der Waals surface area (Å²) in [6.45, 7) is 1.10. The number of aryl methyl sites for hydroxylation is 1. The van der Waals surface area contributed by atoms with Gasteiger partial charge in [0.1, 0.15) is 0 Å². The number of amides is 2. The Morgan fingerprint density at radius 3 is 2.24 bits per heavy atom. The van der Waals surface area contributed by atoms with Crippen LogP contribution in [0.4, 0.5) is 5.69 Å². The van der Waals surface area contributed by atoms with Crippen molar-refractivity contribution in [2.24, 2.45) is 5.73 Å². The molecule has 0 saturated heterocycles. The third kappa shape index (κ3) is 6.53. The molecule has 0 fully saturated rings. The maximum absolute atomic E-state index is 11.8. The fourth-order valence-electron chi connectivity index (χ4n) is 1.81. The molecule has 0 spiro atoms. The number of benzene rings is 1. The number of primary amides is 1. The van der Waals surface area contributed by atoms with Crippen LogP contribution in [0.25, 0.3) is 0 Å². The van der Waals surface area contributed by atoms with Crippen molar-refractivity contribution in [2.75, 3.05) is 25.0 Å². The van der Waals surface area contributed by atoms with Crippen LogP contribution in [0.2, 0.25) is 0 Å². The molecular formula is C14H19N3O4. The number of hydrogen-bond donors (Lipinski definition) is 3. The molecular weight excluding hydrogens is 274 g/mol. The van der Waals surface area contributed by atoms with Crippen molar-refractivity contribution < 1.29 is 19.5 Å². The lowest BCUT2D eigenvalue weighted by Crippen LogP contribution is -2.41. The zero-order chi connectivity index (χ0) is 15.8. The summed E-state index contributed by atoms with van der Waals surface area (Å²) in [6.07, 6.45) is 0.902. The van der Waals surface area contributed by atoms with Gasteiger partial charge in [-0.25, -0.2) is 0 Å². The first-order valence-electron chi connectivity index (χ1n) is 6.52. The predicted molar refractivity (Wildman–Crippen MR) is 77.7 cm³/mol. The van der Waals surface area contributed by atoms with Crippen molar-refractivity contribution >= 4 is 23.5 Å². The highest BCUT2D eigenvalue weighted by Gasteiger charge is 2.16. The molecule has 114 valence electrons. The Balaban J connectivity index is 2.59. The number of carbonyl (C=O) groups is 3.